The standard InChI is InChI=1S/C12H16O/c1-8-2-3-10-6-9-7-12(8,10)5-4-11(9)13/h6,8-9H,2-5,7H2,1H3. The lowest BCUT2D eigenvalue weighted by atomic mass is 9.68. The van der Waals surface area contributed by atoms with Crippen LogP contribution in [0.15, 0.2) is 11.6 Å². The molecule has 2 bridgehead atoms. The molecule has 0 aliphatic heterocycles. The predicted octanol–water partition coefficient (Wildman–Crippen LogP) is 2.71. The number of Topliss-reactive ketones (excluding diaryl/α,β-unsaturated/α-hetero) is 1. The van der Waals surface area contributed by atoms with Crippen molar-refractivity contribution in [1.82, 2.24) is 0 Å². The average Bonchev–Trinajstić information content (AvgIpc) is 2.57. The molecule has 2 fully saturated rings. The minimum absolute atomic E-state index is 0.312. The van der Waals surface area contributed by atoms with E-state index in [9.17, 15) is 4.79 Å². The molecule has 0 aromatic carbocycles. The highest BCUT2D eigenvalue weighted by Gasteiger charge is 2.52. The molecule has 1 spiro atoms. The van der Waals surface area contributed by atoms with Gasteiger partial charge in [0.1, 0.15) is 5.78 Å². The van der Waals surface area contributed by atoms with Gasteiger partial charge in [0.05, 0.1) is 0 Å². The van der Waals surface area contributed by atoms with Crippen LogP contribution in [-0.2, 0) is 4.79 Å². The molecule has 2 saturated carbocycles. The molecule has 3 aliphatic carbocycles. The molecule has 0 aromatic heterocycles. The molecular formula is C12H16O. The summed E-state index contributed by atoms with van der Waals surface area (Å²) in [7, 11) is 0. The van der Waals surface area contributed by atoms with Gasteiger partial charge in [-0.1, -0.05) is 18.6 Å². The molecule has 1 heteroatoms. The maximum absolute atomic E-state index is 11.5. The fraction of sp³-hybridized carbons (Fsp3) is 0.750. The maximum Gasteiger partial charge on any atom is 0.139 e. The zero-order valence-corrected chi connectivity index (χ0v) is 8.18. The number of allylic oxidation sites excluding steroid dienone is 2. The molecule has 3 unspecified atom stereocenters. The van der Waals surface area contributed by atoms with Crippen molar-refractivity contribution < 1.29 is 4.79 Å². The van der Waals surface area contributed by atoms with Crippen LogP contribution in [0.1, 0.15) is 39.0 Å². The van der Waals surface area contributed by atoms with E-state index in [2.05, 4.69) is 13.0 Å². The molecule has 0 amide bonds. The highest BCUT2D eigenvalue weighted by atomic mass is 16.1. The van der Waals surface area contributed by atoms with Gasteiger partial charge in [0, 0.05) is 12.3 Å². The lowest BCUT2D eigenvalue weighted by Gasteiger charge is -2.36. The molecule has 70 valence electrons. The number of carbonyl (C=O) groups excluding carboxylic acids is 1. The Labute approximate surface area is 79.2 Å². The SMILES string of the molecule is CC1CCC2=CC3CC21CCC3=O. The molecule has 1 nitrogen and oxygen atoms in total. The molecule has 0 aromatic rings. The first-order valence-electron chi connectivity index (χ1n) is 5.46. The zero-order chi connectivity index (χ0) is 9.05. The first kappa shape index (κ1) is 7.78. The maximum atomic E-state index is 11.5. The van der Waals surface area contributed by atoms with E-state index < -0.39 is 0 Å². The van der Waals surface area contributed by atoms with Crippen LogP contribution < -0.4 is 0 Å². The van der Waals surface area contributed by atoms with E-state index in [1.54, 1.807) is 5.57 Å². The van der Waals surface area contributed by atoms with Gasteiger partial charge in [0.25, 0.3) is 0 Å². The van der Waals surface area contributed by atoms with Crippen molar-refractivity contribution in [3.63, 3.8) is 0 Å². The van der Waals surface area contributed by atoms with Crippen molar-refractivity contribution in [3.05, 3.63) is 11.6 Å². The average molecular weight is 176 g/mol. The van der Waals surface area contributed by atoms with Crippen molar-refractivity contribution in [2.24, 2.45) is 17.3 Å². The van der Waals surface area contributed by atoms with E-state index in [4.69, 9.17) is 0 Å². The fourth-order valence-electron chi connectivity index (χ4n) is 3.74. The van der Waals surface area contributed by atoms with E-state index in [0.29, 0.717) is 17.1 Å². The van der Waals surface area contributed by atoms with Gasteiger partial charge in [0.2, 0.25) is 0 Å². The van der Waals surface area contributed by atoms with Gasteiger partial charge in [-0.2, -0.15) is 0 Å². The Morgan fingerprint density at radius 2 is 2.31 bits per heavy atom. The fourth-order valence-corrected chi connectivity index (χ4v) is 3.74. The van der Waals surface area contributed by atoms with Gasteiger partial charge in [-0.05, 0) is 37.0 Å². The monoisotopic (exact) mass is 176 g/mol. The number of ketones is 1. The van der Waals surface area contributed by atoms with Crippen LogP contribution >= 0.6 is 0 Å². The van der Waals surface area contributed by atoms with Crippen LogP contribution in [0.25, 0.3) is 0 Å². The summed E-state index contributed by atoms with van der Waals surface area (Å²) in [6.07, 6.45) is 8.07. The molecule has 0 saturated heterocycles. The molecule has 0 heterocycles. The summed E-state index contributed by atoms with van der Waals surface area (Å²) in [4.78, 5) is 11.5. The smallest absolute Gasteiger partial charge is 0.139 e. The van der Waals surface area contributed by atoms with Crippen LogP contribution in [0.5, 0.6) is 0 Å². The van der Waals surface area contributed by atoms with E-state index in [0.717, 1.165) is 25.2 Å². The van der Waals surface area contributed by atoms with Gasteiger partial charge in [0.15, 0.2) is 0 Å². The molecule has 0 N–H and O–H groups in total. The largest absolute Gasteiger partial charge is 0.299 e. The van der Waals surface area contributed by atoms with E-state index >= 15 is 0 Å². The second-order valence-corrected chi connectivity index (χ2v) is 5.06. The highest BCUT2D eigenvalue weighted by Crippen LogP contribution is 2.60. The van der Waals surface area contributed by atoms with E-state index in [1.165, 1.54) is 12.8 Å². The normalized spacial score (nSPS) is 47.8. The summed E-state index contributed by atoms with van der Waals surface area (Å²) in [5, 5.41) is 0. The molecular weight excluding hydrogens is 160 g/mol. The van der Waals surface area contributed by atoms with Crippen LogP contribution in [0.2, 0.25) is 0 Å². The molecule has 0 radical (unpaired) electrons. The molecule has 3 rings (SSSR count). The Balaban J connectivity index is 2.06. The van der Waals surface area contributed by atoms with Crippen molar-refractivity contribution in [2.45, 2.75) is 39.0 Å². The summed E-state index contributed by atoms with van der Waals surface area (Å²) in [6, 6.07) is 0. The number of hydrogen-bond donors (Lipinski definition) is 0. The molecule has 13 heavy (non-hydrogen) atoms. The van der Waals surface area contributed by atoms with Crippen LogP contribution in [0.3, 0.4) is 0 Å². The predicted molar refractivity (Wildman–Crippen MR) is 51.3 cm³/mol. The molecule has 3 aliphatic rings. The van der Waals surface area contributed by atoms with Crippen molar-refractivity contribution in [2.75, 3.05) is 0 Å². The van der Waals surface area contributed by atoms with Crippen molar-refractivity contribution in [3.8, 4) is 0 Å². The molecule has 3 atom stereocenters. The third kappa shape index (κ3) is 0.806. The third-order valence-electron chi connectivity index (χ3n) is 4.65. The Bertz CT molecular complexity index is 302. The summed E-state index contributed by atoms with van der Waals surface area (Å²) in [5.41, 5.74) is 2.12. The number of hydrogen-bond acceptors (Lipinski definition) is 1. The lowest BCUT2D eigenvalue weighted by molar-refractivity contribution is -0.124. The van der Waals surface area contributed by atoms with E-state index in [-0.39, 0.29) is 0 Å². The zero-order valence-electron chi connectivity index (χ0n) is 8.18. The number of rotatable bonds is 0. The second-order valence-electron chi connectivity index (χ2n) is 5.06. The number of fused-ring (bicyclic) bond motifs is 1. The Morgan fingerprint density at radius 3 is 3.15 bits per heavy atom. The summed E-state index contributed by atoms with van der Waals surface area (Å²) >= 11 is 0. The van der Waals surface area contributed by atoms with Crippen LogP contribution in [0, 0.1) is 17.3 Å². The Morgan fingerprint density at radius 1 is 1.46 bits per heavy atom. The van der Waals surface area contributed by atoms with Gasteiger partial charge < -0.3 is 0 Å². The van der Waals surface area contributed by atoms with Gasteiger partial charge in [-0.25, -0.2) is 0 Å². The van der Waals surface area contributed by atoms with Crippen molar-refractivity contribution >= 4 is 5.78 Å². The Kier molecular flexibility index (Phi) is 1.35. The van der Waals surface area contributed by atoms with Crippen LogP contribution in [0.4, 0.5) is 0 Å². The minimum atomic E-state index is 0.312. The quantitative estimate of drug-likeness (QED) is 0.519. The number of carbonyl (C=O) groups is 1. The van der Waals surface area contributed by atoms with Gasteiger partial charge in [-0.15, -0.1) is 0 Å². The summed E-state index contributed by atoms with van der Waals surface area (Å²) in [6.45, 7) is 2.37. The van der Waals surface area contributed by atoms with E-state index in [1.807, 2.05) is 0 Å². The first-order valence-corrected chi connectivity index (χ1v) is 5.46. The Hall–Kier alpha value is -0.590. The summed E-state index contributed by atoms with van der Waals surface area (Å²) in [5.74, 6) is 1.64. The topological polar surface area (TPSA) is 17.1 Å². The highest BCUT2D eigenvalue weighted by molar-refractivity contribution is 5.85. The first-order chi connectivity index (χ1) is 6.22. The van der Waals surface area contributed by atoms with Crippen molar-refractivity contribution in [1.29, 1.82) is 0 Å². The minimum Gasteiger partial charge on any atom is -0.299 e. The van der Waals surface area contributed by atoms with Gasteiger partial charge >= 0.3 is 0 Å². The summed E-state index contributed by atoms with van der Waals surface area (Å²) < 4.78 is 0. The van der Waals surface area contributed by atoms with Crippen LogP contribution in [-0.4, -0.2) is 5.78 Å². The third-order valence-corrected chi connectivity index (χ3v) is 4.65. The van der Waals surface area contributed by atoms with Gasteiger partial charge in [-0.3, -0.25) is 4.79 Å². The lowest BCUT2D eigenvalue weighted by Crippen LogP contribution is -2.31. The second kappa shape index (κ2) is 2.26.